The number of ether oxygens (including phenoxy) is 4. The van der Waals surface area contributed by atoms with E-state index in [1.807, 2.05) is 0 Å². The molecule has 0 heterocycles. The number of aliphatic hydroxyl groups excluding tert-OH is 1. The number of aliphatic hydroxyl groups is 1. The first-order chi connectivity index (χ1) is 50.1. The van der Waals surface area contributed by atoms with E-state index in [1.54, 1.807) is 0 Å². The molecule has 0 aliphatic rings. The molecule has 0 saturated carbocycles. The molecule has 0 fully saturated rings. The summed E-state index contributed by atoms with van der Waals surface area (Å²) in [4.78, 5) is 73.1. The van der Waals surface area contributed by atoms with Crippen LogP contribution in [0.1, 0.15) is 452 Å². The Hall–Kier alpha value is -1.94. The Kier molecular flexibility index (Phi) is 75.4. The average Bonchev–Trinajstić information content (AvgIpc) is 0.921. The zero-order valence-corrected chi connectivity index (χ0v) is 69.3. The third-order valence-corrected chi connectivity index (χ3v) is 22.0. The van der Waals surface area contributed by atoms with Crippen molar-refractivity contribution in [2.45, 2.75) is 470 Å². The van der Waals surface area contributed by atoms with E-state index in [1.165, 1.54) is 276 Å². The monoisotopic (exact) mass is 1510 g/mol. The van der Waals surface area contributed by atoms with Crippen LogP contribution in [0, 0.1) is 5.92 Å². The molecule has 0 spiro atoms. The number of hydrogen-bond acceptors (Lipinski definition) is 15. The molecule has 0 rings (SSSR count). The zero-order valence-electron chi connectivity index (χ0n) is 67.5. The lowest BCUT2D eigenvalue weighted by atomic mass is 9.99. The average molecular weight is 1510 g/mol. The Labute approximate surface area is 632 Å². The van der Waals surface area contributed by atoms with Crippen molar-refractivity contribution in [3.8, 4) is 0 Å². The molecule has 0 aromatic rings. The van der Waals surface area contributed by atoms with Crippen molar-refractivity contribution >= 4 is 39.5 Å². The molecule has 3 N–H and O–H groups in total. The molecule has 0 saturated heterocycles. The lowest BCUT2D eigenvalue weighted by Gasteiger charge is -2.21. The van der Waals surface area contributed by atoms with Gasteiger partial charge in [-0.1, -0.05) is 401 Å². The van der Waals surface area contributed by atoms with Crippen molar-refractivity contribution in [1.29, 1.82) is 0 Å². The fraction of sp³-hybridized carbons (Fsp3) is 0.952. The number of rotatable bonds is 84. The van der Waals surface area contributed by atoms with Crippen LogP contribution in [0.15, 0.2) is 0 Å². The maximum atomic E-state index is 13.1. The van der Waals surface area contributed by atoms with Crippen molar-refractivity contribution in [2.75, 3.05) is 39.6 Å². The predicted octanol–water partition coefficient (Wildman–Crippen LogP) is 25.6. The van der Waals surface area contributed by atoms with E-state index in [4.69, 9.17) is 37.0 Å². The molecular formula is C84H164O17P2. The molecule has 612 valence electrons. The van der Waals surface area contributed by atoms with E-state index in [0.717, 1.165) is 95.8 Å². The van der Waals surface area contributed by atoms with E-state index in [9.17, 15) is 43.2 Å². The van der Waals surface area contributed by atoms with Gasteiger partial charge < -0.3 is 33.8 Å². The molecule has 17 nitrogen and oxygen atoms in total. The standard InChI is InChI=1S/C84H164O17P2/c1-6-10-13-16-19-22-25-27-33-38-43-48-53-58-63-68-82(87)95-74-80(101-84(89)70-65-60-55-50-45-40-36-32-30-29-31-35-37-42-46-51-56-61-66-77(5)9-4)76-99-103(92,93)97-72-78(85)71-96-102(90,91)98-75-79(73-94-81(86)67-62-57-52-47-41-24-21-18-15-12-8-3)100-83(88)69-64-59-54-49-44-39-34-28-26-23-20-17-14-11-7-2/h77-80,85H,6-76H2,1-5H3,(H,90,91)(H,92,93)/t77?,78-,79+,80+/m0/s1. The van der Waals surface area contributed by atoms with Gasteiger partial charge in [0.25, 0.3) is 0 Å². The Morgan fingerprint density at radius 2 is 0.466 bits per heavy atom. The summed E-state index contributed by atoms with van der Waals surface area (Å²) in [5.41, 5.74) is 0. The van der Waals surface area contributed by atoms with Gasteiger partial charge in [0.05, 0.1) is 26.4 Å². The summed E-state index contributed by atoms with van der Waals surface area (Å²) < 4.78 is 68.8. The minimum Gasteiger partial charge on any atom is -0.462 e. The summed E-state index contributed by atoms with van der Waals surface area (Å²) in [5.74, 6) is -1.23. The van der Waals surface area contributed by atoms with Crippen LogP contribution in [0.3, 0.4) is 0 Å². The number of carbonyl (C=O) groups excluding carboxylic acids is 4. The molecule has 0 aliphatic carbocycles. The Morgan fingerprint density at radius 3 is 0.689 bits per heavy atom. The van der Waals surface area contributed by atoms with Gasteiger partial charge in [0.2, 0.25) is 0 Å². The van der Waals surface area contributed by atoms with Gasteiger partial charge in [0.15, 0.2) is 12.2 Å². The highest BCUT2D eigenvalue weighted by molar-refractivity contribution is 7.47. The maximum absolute atomic E-state index is 13.1. The predicted molar refractivity (Wildman–Crippen MR) is 423 cm³/mol. The van der Waals surface area contributed by atoms with Crippen LogP contribution in [-0.4, -0.2) is 96.7 Å². The number of phosphoric acid groups is 2. The number of esters is 4. The third kappa shape index (κ3) is 76.6. The molecule has 3 unspecified atom stereocenters. The van der Waals surface area contributed by atoms with Crippen molar-refractivity contribution < 1.29 is 80.2 Å². The minimum absolute atomic E-state index is 0.109. The van der Waals surface area contributed by atoms with Gasteiger partial charge in [-0.2, -0.15) is 0 Å². The summed E-state index contributed by atoms with van der Waals surface area (Å²) >= 11 is 0. The molecule has 103 heavy (non-hydrogen) atoms. The molecule has 19 heteroatoms. The number of unbranched alkanes of at least 4 members (excludes halogenated alkanes) is 55. The lowest BCUT2D eigenvalue weighted by molar-refractivity contribution is -0.161. The highest BCUT2D eigenvalue weighted by atomic mass is 31.2. The van der Waals surface area contributed by atoms with Gasteiger partial charge in [-0.15, -0.1) is 0 Å². The van der Waals surface area contributed by atoms with Gasteiger partial charge in [0.1, 0.15) is 19.3 Å². The summed E-state index contributed by atoms with van der Waals surface area (Å²) in [6, 6.07) is 0. The molecule has 0 radical (unpaired) electrons. The van der Waals surface area contributed by atoms with Crippen molar-refractivity contribution in [3.63, 3.8) is 0 Å². The number of hydrogen-bond donors (Lipinski definition) is 3. The topological polar surface area (TPSA) is 237 Å². The molecule has 0 aromatic carbocycles. The van der Waals surface area contributed by atoms with Gasteiger partial charge in [-0.3, -0.25) is 37.3 Å². The van der Waals surface area contributed by atoms with Gasteiger partial charge in [-0.25, -0.2) is 9.13 Å². The normalized spacial score (nSPS) is 14.1. The van der Waals surface area contributed by atoms with E-state index in [2.05, 4.69) is 34.6 Å². The first-order valence-corrected chi connectivity index (χ1v) is 46.7. The Balaban J connectivity index is 5.22. The van der Waals surface area contributed by atoms with Crippen LogP contribution in [0.5, 0.6) is 0 Å². The summed E-state index contributed by atoms with van der Waals surface area (Å²) in [7, 11) is -9.92. The highest BCUT2D eigenvalue weighted by Crippen LogP contribution is 2.45. The fourth-order valence-electron chi connectivity index (χ4n) is 13.1. The molecule has 0 aromatic heterocycles. The SMILES string of the molecule is CCCCCCCCCCCCCCCCCC(=O)OC[C@H](COP(=O)(O)OC[C@@H](O)COP(=O)(O)OC[C@@H](COC(=O)CCCCCCCCCCCCC)OC(=O)CCCCCCCCCCCCCCCCC)OC(=O)CCCCCCCCCCCCCCCCCCCCC(C)CC. The summed E-state index contributed by atoms with van der Waals surface area (Å²) in [6.45, 7) is 7.42. The number of carbonyl (C=O) groups is 4. The Morgan fingerprint density at radius 1 is 0.272 bits per heavy atom. The molecule has 0 bridgehead atoms. The van der Waals surface area contributed by atoms with Crippen LogP contribution in [0.4, 0.5) is 0 Å². The smallest absolute Gasteiger partial charge is 0.462 e. The van der Waals surface area contributed by atoms with Gasteiger partial charge in [0, 0.05) is 25.7 Å². The molecule has 0 amide bonds. The van der Waals surface area contributed by atoms with Crippen LogP contribution < -0.4 is 0 Å². The van der Waals surface area contributed by atoms with Gasteiger partial charge in [-0.05, 0) is 31.6 Å². The Bertz CT molecular complexity index is 1960. The lowest BCUT2D eigenvalue weighted by Crippen LogP contribution is -2.30. The zero-order chi connectivity index (χ0) is 75.5. The first kappa shape index (κ1) is 101. The highest BCUT2D eigenvalue weighted by Gasteiger charge is 2.30. The summed E-state index contributed by atoms with van der Waals surface area (Å²) in [5, 5.41) is 10.7. The van der Waals surface area contributed by atoms with Crippen LogP contribution in [0.2, 0.25) is 0 Å². The molecule has 0 aliphatic heterocycles. The quantitative estimate of drug-likeness (QED) is 0.0222. The third-order valence-electron chi connectivity index (χ3n) is 20.1. The van der Waals surface area contributed by atoms with Crippen LogP contribution in [-0.2, 0) is 65.4 Å². The first-order valence-electron chi connectivity index (χ1n) is 43.7. The van der Waals surface area contributed by atoms with Crippen molar-refractivity contribution in [3.05, 3.63) is 0 Å². The second-order valence-corrected chi connectivity index (χ2v) is 33.4. The largest absolute Gasteiger partial charge is 0.472 e. The fourth-order valence-corrected chi connectivity index (χ4v) is 14.7. The van der Waals surface area contributed by atoms with Crippen molar-refractivity contribution in [1.82, 2.24) is 0 Å². The molecule has 6 atom stereocenters. The number of phosphoric ester groups is 2. The summed E-state index contributed by atoms with van der Waals surface area (Å²) in [6.07, 6.45) is 69.2. The van der Waals surface area contributed by atoms with Gasteiger partial charge >= 0.3 is 39.5 Å². The van der Waals surface area contributed by atoms with E-state index in [-0.39, 0.29) is 25.7 Å². The van der Waals surface area contributed by atoms with Crippen LogP contribution in [0.25, 0.3) is 0 Å². The van der Waals surface area contributed by atoms with E-state index in [0.29, 0.717) is 25.7 Å². The minimum atomic E-state index is -4.96. The van der Waals surface area contributed by atoms with E-state index >= 15 is 0 Å². The second-order valence-electron chi connectivity index (χ2n) is 30.5. The molecular weight excluding hydrogens is 1340 g/mol. The van der Waals surface area contributed by atoms with Crippen molar-refractivity contribution in [2.24, 2.45) is 5.92 Å². The van der Waals surface area contributed by atoms with Crippen LogP contribution >= 0.6 is 15.6 Å². The second kappa shape index (κ2) is 76.8. The maximum Gasteiger partial charge on any atom is 0.472 e. The van der Waals surface area contributed by atoms with E-state index < -0.39 is 97.5 Å².